The second-order valence-electron chi connectivity index (χ2n) is 5.53. The van der Waals surface area contributed by atoms with Gasteiger partial charge in [-0.1, -0.05) is 19.8 Å². The van der Waals surface area contributed by atoms with E-state index >= 15 is 0 Å². The van der Waals surface area contributed by atoms with Gasteiger partial charge in [-0.05, 0) is 32.6 Å². The van der Waals surface area contributed by atoms with Crippen LogP contribution in [-0.2, 0) is 19.2 Å². The van der Waals surface area contributed by atoms with E-state index < -0.39 is 6.04 Å². The predicted octanol–water partition coefficient (Wildman–Crippen LogP) is 0.673. The van der Waals surface area contributed by atoms with E-state index in [1.165, 1.54) is 6.92 Å². The molecule has 132 valence electrons. The first-order chi connectivity index (χ1) is 11.0. The Balaban J connectivity index is 3.88. The van der Waals surface area contributed by atoms with E-state index in [-0.39, 0.29) is 24.1 Å². The zero-order valence-electron chi connectivity index (χ0n) is 14.2. The van der Waals surface area contributed by atoms with Crippen LogP contribution in [0.4, 0.5) is 0 Å². The second-order valence-corrected chi connectivity index (χ2v) is 5.53. The second kappa shape index (κ2) is 13.7. The lowest BCUT2D eigenvalue weighted by molar-refractivity contribution is -0.127. The molecule has 0 aliphatic heterocycles. The Hall–Kier alpha value is -1.92. The topological polar surface area (TPSA) is 104 Å². The molecule has 0 aliphatic carbocycles. The van der Waals surface area contributed by atoms with Crippen molar-refractivity contribution in [1.29, 1.82) is 0 Å². The summed E-state index contributed by atoms with van der Waals surface area (Å²) in [5.74, 6) is -0.371. The number of carbonyl (C=O) groups excluding carboxylic acids is 4. The van der Waals surface area contributed by atoms with Crippen molar-refractivity contribution in [3.8, 4) is 0 Å². The number of amides is 3. The van der Waals surface area contributed by atoms with Crippen LogP contribution in [0.25, 0.3) is 0 Å². The highest BCUT2D eigenvalue weighted by Gasteiger charge is 2.16. The zero-order chi connectivity index (χ0) is 17.5. The first-order valence-corrected chi connectivity index (χ1v) is 8.24. The van der Waals surface area contributed by atoms with Gasteiger partial charge in [0.05, 0.1) is 12.6 Å². The van der Waals surface area contributed by atoms with E-state index in [4.69, 9.17) is 0 Å². The van der Waals surface area contributed by atoms with E-state index in [9.17, 15) is 19.2 Å². The number of rotatable bonds is 14. The van der Waals surface area contributed by atoms with Gasteiger partial charge in [0.15, 0.2) is 5.78 Å². The van der Waals surface area contributed by atoms with Crippen molar-refractivity contribution in [3.63, 3.8) is 0 Å². The highest BCUT2D eigenvalue weighted by Crippen LogP contribution is 2.04. The van der Waals surface area contributed by atoms with E-state index in [0.29, 0.717) is 32.2 Å². The summed E-state index contributed by atoms with van der Waals surface area (Å²) in [7, 11) is 0. The molecule has 3 N–H and O–H groups in total. The summed E-state index contributed by atoms with van der Waals surface area (Å²) in [4.78, 5) is 44.6. The van der Waals surface area contributed by atoms with Crippen molar-refractivity contribution in [2.24, 2.45) is 0 Å². The average molecular weight is 327 g/mol. The number of unbranched alkanes of at least 4 members (excludes halogenated alkanes) is 3. The fraction of sp³-hybridized carbons (Fsp3) is 0.750. The van der Waals surface area contributed by atoms with E-state index in [2.05, 4.69) is 22.9 Å². The van der Waals surface area contributed by atoms with Gasteiger partial charge in [-0.3, -0.25) is 19.2 Å². The van der Waals surface area contributed by atoms with Gasteiger partial charge >= 0.3 is 0 Å². The highest BCUT2D eigenvalue weighted by molar-refractivity contribution is 5.87. The summed E-state index contributed by atoms with van der Waals surface area (Å²) >= 11 is 0. The number of hydrogen-bond acceptors (Lipinski definition) is 4. The van der Waals surface area contributed by atoms with Gasteiger partial charge in [-0.2, -0.15) is 0 Å². The van der Waals surface area contributed by atoms with Crippen LogP contribution in [0.15, 0.2) is 0 Å². The average Bonchev–Trinajstić information content (AvgIpc) is 2.51. The normalized spacial score (nSPS) is 11.4. The summed E-state index contributed by atoms with van der Waals surface area (Å²) in [6.07, 6.45) is 5.83. The molecule has 0 aromatic rings. The SMILES string of the molecule is CCCCCC(=O)N[C@H](CCCCNC(=O)CNC=O)C(C)=O. The van der Waals surface area contributed by atoms with Crippen LogP contribution in [0, 0.1) is 0 Å². The Kier molecular flexibility index (Phi) is 12.6. The number of nitrogens with one attached hydrogen (secondary N) is 3. The molecule has 3 amide bonds. The van der Waals surface area contributed by atoms with Gasteiger partial charge in [-0.25, -0.2) is 0 Å². The maximum atomic E-state index is 11.8. The van der Waals surface area contributed by atoms with Crippen molar-refractivity contribution < 1.29 is 19.2 Å². The molecule has 0 fully saturated rings. The number of hydrogen-bond donors (Lipinski definition) is 3. The maximum Gasteiger partial charge on any atom is 0.239 e. The minimum Gasteiger partial charge on any atom is -0.355 e. The first-order valence-electron chi connectivity index (χ1n) is 8.24. The molecular weight excluding hydrogens is 298 g/mol. The van der Waals surface area contributed by atoms with E-state index in [1.54, 1.807) is 0 Å². The number of Topliss-reactive ketones (excluding diaryl/α,β-unsaturated/α-hetero) is 1. The van der Waals surface area contributed by atoms with E-state index in [1.807, 2.05) is 0 Å². The minimum atomic E-state index is -0.448. The molecule has 0 aliphatic rings. The van der Waals surface area contributed by atoms with Gasteiger partial charge in [0, 0.05) is 13.0 Å². The fourth-order valence-electron chi connectivity index (χ4n) is 2.08. The van der Waals surface area contributed by atoms with E-state index in [0.717, 1.165) is 25.7 Å². The lowest BCUT2D eigenvalue weighted by Gasteiger charge is -2.16. The van der Waals surface area contributed by atoms with Crippen LogP contribution in [0.1, 0.15) is 58.8 Å². The van der Waals surface area contributed by atoms with Gasteiger partial charge in [0.2, 0.25) is 18.2 Å². The van der Waals surface area contributed by atoms with Gasteiger partial charge < -0.3 is 16.0 Å². The Morgan fingerprint density at radius 3 is 2.39 bits per heavy atom. The largest absolute Gasteiger partial charge is 0.355 e. The first kappa shape index (κ1) is 21.1. The van der Waals surface area contributed by atoms with Crippen molar-refractivity contribution in [1.82, 2.24) is 16.0 Å². The van der Waals surface area contributed by atoms with Crippen molar-refractivity contribution in [3.05, 3.63) is 0 Å². The monoisotopic (exact) mass is 327 g/mol. The lowest BCUT2D eigenvalue weighted by atomic mass is 10.1. The smallest absolute Gasteiger partial charge is 0.239 e. The zero-order valence-corrected chi connectivity index (χ0v) is 14.2. The molecule has 7 nitrogen and oxygen atoms in total. The third-order valence-electron chi connectivity index (χ3n) is 3.42. The highest BCUT2D eigenvalue weighted by atomic mass is 16.2. The third-order valence-corrected chi connectivity index (χ3v) is 3.42. The predicted molar refractivity (Wildman–Crippen MR) is 87.7 cm³/mol. The van der Waals surface area contributed by atoms with Crippen molar-refractivity contribution in [2.45, 2.75) is 64.8 Å². The standard InChI is InChI=1S/C16H29N3O4/c1-3-4-5-9-15(22)19-14(13(2)21)8-6-7-10-18-16(23)11-17-12-20/h12,14H,3-11H2,1-2H3,(H,17,20)(H,18,23)(H,19,22)/t14-/m1/s1. The van der Waals surface area contributed by atoms with Gasteiger partial charge in [0.25, 0.3) is 0 Å². The Morgan fingerprint density at radius 2 is 1.78 bits per heavy atom. The molecule has 1 atom stereocenters. The summed E-state index contributed by atoms with van der Waals surface area (Å²) in [5.41, 5.74) is 0. The third kappa shape index (κ3) is 12.3. The summed E-state index contributed by atoms with van der Waals surface area (Å²) in [6.45, 7) is 4.00. The number of carbonyl (C=O) groups is 4. The fourth-order valence-corrected chi connectivity index (χ4v) is 2.08. The van der Waals surface area contributed by atoms with Crippen LogP contribution >= 0.6 is 0 Å². The number of ketones is 1. The van der Waals surface area contributed by atoms with Gasteiger partial charge in [0.1, 0.15) is 0 Å². The van der Waals surface area contributed by atoms with Crippen LogP contribution < -0.4 is 16.0 Å². The summed E-state index contributed by atoms with van der Waals surface area (Å²) < 4.78 is 0. The summed E-state index contributed by atoms with van der Waals surface area (Å²) in [5, 5.41) is 7.72. The van der Waals surface area contributed by atoms with Crippen LogP contribution in [0.5, 0.6) is 0 Å². The molecule has 7 heteroatoms. The molecule has 23 heavy (non-hydrogen) atoms. The molecule has 0 saturated carbocycles. The molecule has 0 spiro atoms. The molecule has 0 aromatic heterocycles. The molecule has 0 radical (unpaired) electrons. The Morgan fingerprint density at radius 1 is 1.04 bits per heavy atom. The van der Waals surface area contributed by atoms with Crippen LogP contribution in [0.2, 0.25) is 0 Å². The molecular formula is C16H29N3O4. The quantitative estimate of drug-likeness (QED) is 0.322. The Bertz CT molecular complexity index is 386. The molecule has 0 saturated heterocycles. The molecule has 0 rings (SSSR count). The minimum absolute atomic E-state index is 0.0343. The molecule has 0 heterocycles. The van der Waals surface area contributed by atoms with Gasteiger partial charge in [-0.15, -0.1) is 0 Å². The molecule has 0 bridgehead atoms. The van der Waals surface area contributed by atoms with Crippen LogP contribution in [-0.4, -0.2) is 43.1 Å². The summed E-state index contributed by atoms with van der Waals surface area (Å²) in [6, 6.07) is -0.448. The lowest BCUT2D eigenvalue weighted by Crippen LogP contribution is -2.39. The van der Waals surface area contributed by atoms with Crippen LogP contribution in [0.3, 0.4) is 0 Å². The molecule has 0 aromatic carbocycles. The maximum absolute atomic E-state index is 11.8. The van der Waals surface area contributed by atoms with Crippen molar-refractivity contribution >= 4 is 24.0 Å². The molecule has 0 unspecified atom stereocenters. The Labute approximate surface area is 138 Å². The van der Waals surface area contributed by atoms with Crippen molar-refractivity contribution in [2.75, 3.05) is 13.1 Å².